The van der Waals surface area contributed by atoms with Gasteiger partial charge in [0.05, 0.1) is 5.39 Å². The number of fused-ring (bicyclic) bond motifs is 2. The molecule has 206 valence electrons. The minimum atomic E-state index is -0.403. The molecule has 9 heteroatoms. The molecule has 2 unspecified atom stereocenters. The molecule has 0 saturated carbocycles. The fourth-order valence-corrected chi connectivity index (χ4v) is 5.92. The molecule has 2 aromatic carbocycles. The molecule has 1 amide bonds. The Labute approximate surface area is 233 Å². The number of anilines is 3. The van der Waals surface area contributed by atoms with Crippen LogP contribution < -0.4 is 26.3 Å². The quantitative estimate of drug-likeness (QED) is 0.342. The highest BCUT2D eigenvalue weighted by molar-refractivity contribution is 5.97. The molecule has 1 saturated heterocycles. The summed E-state index contributed by atoms with van der Waals surface area (Å²) in [6, 6.07) is 15.4. The maximum atomic E-state index is 13.3. The Morgan fingerprint density at radius 3 is 2.50 bits per heavy atom. The Morgan fingerprint density at radius 2 is 1.75 bits per heavy atom. The van der Waals surface area contributed by atoms with Crippen LogP contribution in [0.15, 0.2) is 59.7 Å². The summed E-state index contributed by atoms with van der Waals surface area (Å²) in [5, 5.41) is 9.91. The molecule has 4 aromatic rings. The second-order valence-electron chi connectivity index (χ2n) is 10.9. The van der Waals surface area contributed by atoms with Gasteiger partial charge in [0.25, 0.3) is 5.91 Å². The lowest BCUT2D eigenvalue weighted by Crippen LogP contribution is -2.54. The smallest absolute Gasteiger partial charge is 0.256 e. The Kier molecular flexibility index (Phi) is 6.98. The molecule has 2 atom stereocenters. The van der Waals surface area contributed by atoms with Gasteiger partial charge in [-0.3, -0.25) is 9.59 Å². The van der Waals surface area contributed by atoms with Crippen molar-refractivity contribution in [2.75, 3.05) is 29.9 Å². The van der Waals surface area contributed by atoms with Crippen molar-refractivity contribution in [3.8, 4) is 5.69 Å². The minimum absolute atomic E-state index is 0.0753. The first-order chi connectivity index (χ1) is 19.4. The van der Waals surface area contributed by atoms with Gasteiger partial charge in [0.2, 0.25) is 11.4 Å². The number of aromatic nitrogens is 3. The maximum absolute atomic E-state index is 13.3. The molecule has 40 heavy (non-hydrogen) atoms. The van der Waals surface area contributed by atoms with Crippen LogP contribution in [-0.2, 0) is 12.8 Å². The van der Waals surface area contributed by atoms with E-state index in [0.29, 0.717) is 35.6 Å². The lowest BCUT2D eigenvalue weighted by atomic mass is 10.1. The van der Waals surface area contributed by atoms with Crippen molar-refractivity contribution < 1.29 is 4.79 Å². The Bertz CT molecular complexity index is 1620. The van der Waals surface area contributed by atoms with Crippen molar-refractivity contribution in [2.24, 2.45) is 0 Å². The summed E-state index contributed by atoms with van der Waals surface area (Å²) in [4.78, 5) is 37.7. The summed E-state index contributed by atoms with van der Waals surface area (Å²) in [7, 11) is 0. The number of rotatable bonds is 6. The standard InChI is InChI=1S/C31H35N7O2/c1-4-32-30(40)27-18-38(25-11-8-21-6-5-7-22(21)14-25)29-26(28(27)39)15-33-31(36-29)35-23-9-12-24(13-10-23)37-16-19(2)34-20(3)17-37/h8-15,18-20,34H,4-7,16-17H2,1-3H3,(H,32,40)(H,33,35,36). The van der Waals surface area contributed by atoms with E-state index in [4.69, 9.17) is 4.98 Å². The summed E-state index contributed by atoms with van der Waals surface area (Å²) in [5.41, 5.74) is 5.68. The third-order valence-electron chi connectivity index (χ3n) is 7.73. The van der Waals surface area contributed by atoms with E-state index in [1.807, 2.05) is 29.7 Å². The van der Waals surface area contributed by atoms with Gasteiger partial charge < -0.3 is 25.4 Å². The summed E-state index contributed by atoms with van der Waals surface area (Å²) in [5.74, 6) is -0.0235. The molecule has 1 fully saturated rings. The molecule has 2 aliphatic rings. The lowest BCUT2D eigenvalue weighted by molar-refractivity contribution is 0.0954. The number of nitrogens with one attached hydrogen (secondary N) is 3. The number of hydrogen-bond donors (Lipinski definition) is 3. The molecule has 1 aliphatic carbocycles. The van der Waals surface area contributed by atoms with E-state index in [2.05, 4.69) is 63.9 Å². The van der Waals surface area contributed by atoms with Crippen molar-refractivity contribution in [1.82, 2.24) is 25.2 Å². The average molecular weight is 538 g/mol. The zero-order chi connectivity index (χ0) is 27.8. The normalized spacial score (nSPS) is 18.5. The molecule has 9 nitrogen and oxygen atoms in total. The number of nitrogens with zero attached hydrogens (tertiary/aromatic N) is 4. The van der Waals surface area contributed by atoms with E-state index in [0.717, 1.165) is 43.7 Å². The number of hydrogen-bond acceptors (Lipinski definition) is 7. The lowest BCUT2D eigenvalue weighted by Gasteiger charge is -2.37. The highest BCUT2D eigenvalue weighted by Gasteiger charge is 2.22. The number of pyridine rings is 1. The number of benzene rings is 2. The van der Waals surface area contributed by atoms with Gasteiger partial charge in [0, 0.05) is 61.2 Å². The predicted molar refractivity (Wildman–Crippen MR) is 159 cm³/mol. The van der Waals surface area contributed by atoms with Gasteiger partial charge in [0.1, 0.15) is 5.56 Å². The second kappa shape index (κ2) is 10.7. The molecular formula is C31H35N7O2. The van der Waals surface area contributed by atoms with E-state index in [-0.39, 0.29) is 11.0 Å². The first-order valence-electron chi connectivity index (χ1n) is 14.1. The van der Waals surface area contributed by atoms with E-state index >= 15 is 0 Å². The molecule has 0 bridgehead atoms. The molecule has 1 aliphatic heterocycles. The Morgan fingerprint density at radius 1 is 1.02 bits per heavy atom. The first kappa shape index (κ1) is 26.0. The number of carbonyl (C=O) groups is 1. The average Bonchev–Trinajstić information content (AvgIpc) is 3.41. The fraction of sp³-hybridized carbons (Fsp3) is 0.355. The molecule has 3 N–H and O–H groups in total. The van der Waals surface area contributed by atoms with Crippen LogP contribution in [0.2, 0.25) is 0 Å². The molecular weight excluding hydrogens is 502 g/mol. The number of carbonyl (C=O) groups excluding carboxylic acids is 1. The minimum Gasteiger partial charge on any atom is -0.368 e. The van der Waals surface area contributed by atoms with Gasteiger partial charge in [-0.25, -0.2) is 4.98 Å². The highest BCUT2D eigenvalue weighted by atomic mass is 16.2. The predicted octanol–water partition coefficient (Wildman–Crippen LogP) is 3.95. The van der Waals surface area contributed by atoms with Crippen LogP contribution in [0.4, 0.5) is 17.3 Å². The van der Waals surface area contributed by atoms with Crippen LogP contribution in [0.3, 0.4) is 0 Å². The van der Waals surface area contributed by atoms with Crippen molar-refractivity contribution in [3.63, 3.8) is 0 Å². The van der Waals surface area contributed by atoms with Crippen molar-refractivity contribution in [1.29, 1.82) is 0 Å². The molecule has 0 radical (unpaired) electrons. The topological polar surface area (TPSA) is 104 Å². The van der Waals surface area contributed by atoms with Gasteiger partial charge in [-0.15, -0.1) is 0 Å². The van der Waals surface area contributed by atoms with Gasteiger partial charge in [-0.05, 0) is 87.6 Å². The van der Waals surface area contributed by atoms with E-state index < -0.39 is 5.91 Å². The van der Waals surface area contributed by atoms with E-state index in [1.54, 1.807) is 6.20 Å². The van der Waals surface area contributed by atoms with Crippen LogP contribution >= 0.6 is 0 Å². The summed E-state index contributed by atoms with van der Waals surface area (Å²) >= 11 is 0. The van der Waals surface area contributed by atoms with Crippen molar-refractivity contribution >= 4 is 34.3 Å². The zero-order valence-corrected chi connectivity index (χ0v) is 23.2. The summed E-state index contributed by atoms with van der Waals surface area (Å²) in [6.45, 7) is 8.59. The maximum Gasteiger partial charge on any atom is 0.256 e. The number of aryl methyl sites for hydroxylation is 2. The first-order valence-corrected chi connectivity index (χ1v) is 14.1. The fourth-order valence-electron chi connectivity index (χ4n) is 5.92. The van der Waals surface area contributed by atoms with Gasteiger partial charge in [-0.1, -0.05) is 6.07 Å². The molecule has 3 heterocycles. The SMILES string of the molecule is CCNC(=O)c1cn(-c2ccc3c(c2)CCC3)c2nc(Nc3ccc(N4CC(C)NC(C)C4)cc3)ncc2c1=O. The Balaban J connectivity index is 1.36. The molecule has 6 rings (SSSR count). The van der Waals surface area contributed by atoms with E-state index in [1.165, 1.54) is 23.0 Å². The van der Waals surface area contributed by atoms with Crippen molar-refractivity contribution in [3.05, 3.63) is 81.8 Å². The summed E-state index contributed by atoms with van der Waals surface area (Å²) in [6.07, 6.45) is 6.35. The zero-order valence-electron chi connectivity index (χ0n) is 23.2. The molecule has 2 aromatic heterocycles. The second-order valence-corrected chi connectivity index (χ2v) is 10.9. The largest absolute Gasteiger partial charge is 0.368 e. The van der Waals surface area contributed by atoms with Crippen LogP contribution in [0.5, 0.6) is 0 Å². The van der Waals surface area contributed by atoms with Crippen molar-refractivity contribution in [2.45, 2.75) is 52.1 Å². The number of amides is 1. The van der Waals surface area contributed by atoms with Crippen LogP contribution in [-0.4, -0.2) is 52.2 Å². The van der Waals surface area contributed by atoms with Crippen LogP contribution in [0, 0.1) is 0 Å². The van der Waals surface area contributed by atoms with E-state index in [9.17, 15) is 9.59 Å². The Hall–Kier alpha value is -4.24. The number of piperazine rings is 1. The van der Waals surface area contributed by atoms with Gasteiger partial charge in [-0.2, -0.15) is 4.98 Å². The van der Waals surface area contributed by atoms with Crippen LogP contribution in [0.1, 0.15) is 48.7 Å². The summed E-state index contributed by atoms with van der Waals surface area (Å²) < 4.78 is 1.84. The third kappa shape index (κ3) is 5.04. The van der Waals surface area contributed by atoms with Gasteiger partial charge in [0.15, 0.2) is 5.65 Å². The third-order valence-corrected chi connectivity index (χ3v) is 7.73. The monoisotopic (exact) mass is 537 g/mol. The van der Waals surface area contributed by atoms with Crippen LogP contribution in [0.25, 0.3) is 16.7 Å². The van der Waals surface area contributed by atoms with Gasteiger partial charge >= 0.3 is 0 Å². The molecule has 0 spiro atoms. The highest BCUT2D eigenvalue weighted by Crippen LogP contribution is 2.27.